The Labute approximate surface area is 138 Å². The van der Waals surface area contributed by atoms with E-state index in [4.69, 9.17) is 4.74 Å². The molecule has 0 radical (unpaired) electrons. The van der Waals surface area contributed by atoms with E-state index in [9.17, 15) is 18.0 Å². The van der Waals surface area contributed by atoms with Crippen LogP contribution in [0, 0.1) is 0 Å². The lowest BCUT2D eigenvalue weighted by Gasteiger charge is -2.17. The molecule has 0 unspecified atom stereocenters. The standard InChI is InChI=1S/C14H18BrNO5S/c1-3-21-14(18)12(8-9-22(2,19)20)16-13(17)10-6-4-5-7-11(10)15/h4-7,12H,3,8-9H2,1-2H3,(H,16,17)/t12-/m0/s1. The molecule has 0 saturated carbocycles. The zero-order valence-corrected chi connectivity index (χ0v) is 14.7. The van der Waals surface area contributed by atoms with Crippen molar-refractivity contribution in [3.8, 4) is 0 Å². The Hall–Kier alpha value is -1.41. The third-order valence-corrected chi connectivity index (χ3v) is 4.44. The van der Waals surface area contributed by atoms with E-state index in [0.29, 0.717) is 10.0 Å². The van der Waals surface area contributed by atoms with Crippen LogP contribution in [0.3, 0.4) is 0 Å². The maximum atomic E-state index is 12.2. The molecule has 1 aromatic carbocycles. The lowest BCUT2D eigenvalue weighted by atomic mass is 10.1. The molecule has 1 aromatic rings. The first-order valence-corrected chi connectivity index (χ1v) is 9.49. The topological polar surface area (TPSA) is 89.5 Å². The van der Waals surface area contributed by atoms with E-state index in [0.717, 1.165) is 6.26 Å². The molecule has 0 heterocycles. The summed E-state index contributed by atoms with van der Waals surface area (Å²) >= 11 is 3.25. The highest BCUT2D eigenvalue weighted by Gasteiger charge is 2.24. The van der Waals surface area contributed by atoms with Gasteiger partial charge in [0.1, 0.15) is 15.9 Å². The molecule has 0 aliphatic carbocycles. The number of benzene rings is 1. The molecular weight excluding hydrogens is 374 g/mol. The molecule has 0 aliphatic rings. The van der Waals surface area contributed by atoms with Gasteiger partial charge in [0.15, 0.2) is 0 Å². The highest BCUT2D eigenvalue weighted by molar-refractivity contribution is 9.10. The van der Waals surface area contributed by atoms with Gasteiger partial charge in [-0.15, -0.1) is 0 Å². The number of hydrogen-bond acceptors (Lipinski definition) is 5. The number of rotatable bonds is 7. The van der Waals surface area contributed by atoms with Crippen molar-refractivity contribution in [3.63, 3.8) is 0 Å². The van der Waals surface area contributed by atoms with E-state index in [1.165, 1.54) is 0 Å². The van der Waals surface area contributed by atoms with Crippen molar-refractivity contribution < 1.29 is 22.7 Å². The number of sulfone groups is 1. The Morgan fingerprint density at radius 1 is 1.32 bits per heavy atom. The molecule has 122 valence electrons. The molecular formula is C14H18BrNO5S. The van der Waals surface area contributed by atoms with Crippen molar-refractivity contribution in [1.82, 2.24) is 5.32 Å². The lowest BCUT2D eigenvalue weighted by molar-refractivity contribution is -0.145. The van der Waals surface area contributed by atoms with Gasteiger partial charge < -0.3 is 10.1 Å². The quantitative estimate of drug-likeness (QED) is 0.712. The maximum Gasteiger partial charge on any atom is 0.328 e. The predicted molar refractivity (Wildman–Crippen MR) is 86.4 cm³/mol. The van der Waals surface area contributed by atoms with E-state index in [2.05, 4.69) is 21.2 Å². The number of carbonyl (C=O) groups is 2. The molecule has 8 heteroatoms. The molecule has 0 spiro atoms. The minimum Gasteiger partial charge on any atom is -0.464 e. The number of nitrogens with one attached hydrogen (secondary N) is 1. The first-order valence-electron chi connectivity index (χ1n) is 6.64. The van der Waals surface area contributed by atoms with Gasteiger partial charge in [-0.1, -0.05) is 12.1 Å². The largest absolute Gasteiger partial charge is 0.464 e. The molecule has 22 heavy (non-hydrogen) atoms. The molecule has 0 aliphatic heterocycles. The number of halogens is 1. The van der Waals surface area contributed by atoms with Crippen molar-refractivity contribution in [2.75, 3.05) is 18.6 Å². The van der Waals surface area contributed by atoms with E-state index < -0.39 is 27.8 Å². The Morgan fingerprint density at radius 2 is 1.95 bits per heavy atom. The van der Waals surface area contributed by atoms with Crippen molar-refractivity contribution in [2.24, 2.45) is 0 Å². The maximum absolute atomic E-state index is 12.2. The fourth-order valence-electron chi connectivity index (χ4n) is 1.71. The van der Waals surface area contributed by atoms with Crippen LogP contribution in [0.15, 0.2) is 28.7 Å². The third-order valence-electron chi connectivity index (χ3n) is 2.77. The van der Waals surface area contributed by atoms with Crippen LogP contribution in [-0.4, -0.2) is 45.0 Å². The summed E-state index contributed by atoms with van der Waals surface area (Å²) in [6.07, 6.45) is 1.04. The molecule has 1 rings (SSSR count). The number of ether oxygens (including phenoxy) is 1. The summed E-state index contributed by atoms with van der Waals surface area (Å²) in [5.74, 6) is -1.34. The van der Waals surface area contributed by atoms with Crippen LogP contribution in [0.2, 0.25) is 0 Å². The molecule has 0 aromatic heterocycles. The summed E-state index contributed by atoms with van der Waals surface area (Å²) in [6.45, 7) is 1.79. The fourth-order valence-corrected chi connectivity index (χ4v) is 2.83. The summed E-state index contributed by atoms with van der Waals surface area (Å²) in [7, 11) is -3.24. The van der Waals surface area contributed by atoms with Crippen molar-refractivity contribution >= 4 is 37.6 Å². The summed E-state index contributed by atoms with van der Waals surface area (Å²) in [4.78, 5) is 24.1. The molecule has 0 saturated heterocycles. The van der Waals surface area contributed by atoms with Crippen molar-refractivity contribution in [3.05, 3.63) is 34.3 Å². The summed E-state index contributed by atoms with van der Waals surface area (Å²) in [5.41, 5.74) is 0.358. The first kappa shape index (κ1) is 18.6. The van der Waals surface area contributed by atoms with Gasteiger partial charge in [0.2, 0.25) is 0 Å². The summed E-state index contributed by atoms with van der Waals surface area (Å²) < 4.78 is 28.0. The zero-order chi connectivity index (χ0) is 16.8. The van der Waals surface area contributed by atoms with Gasteiger partial charge >= 0.3 is 5.97 Å². The van der Waals surface area contributed by atoms with Gasteiger partial charge in [-0.3, -0.25) is 4.79 Å². The SMILES string of the molecule is CCOC(=O)[C@H](CCS(C)(=O)=O)NC(=O)c1ccccc1Br. The van der Waals surface area contributed by atoms with Gasteiger partial charge in [-0.25, -0.2) is 13.2 Å². The molecule has 0 fully saturated rings. The van der Waals surface area contributed by atoms with Gasteiger partial charge in [0.05, 0.1) is 17.9 Å². The number of hydrogen-bond donors (Lipinski definition) is 1. The first-order chi connectivity index (χ1) is 10.2. The molecule has 1 N–H and O–H groups in total. The van der Waals surface area contributed by atoms with E-state index >= 15 is 0 Å². The minimum atomic E-state index is -3.24. The molecule has 1 atom stereocenters. The second-order valence-electron chi connectivity index (χ2n) is 4.68. The zero-order valence-electron chi connectivity index (χ0n) is 12.3. The van der Waals surface area contributed by atoms with Crippen LogP contribution < -0.4 is 5.32 Å². The van der Waals surface area contributed by atoms with Crippen LogP contribution in [0.25, 0.3) is 0 Å². The van der Waals surface area contributed by atoms with E-state index in [1.807, 2.05) is 0 Å². The smallest absolute Gasteiger partial charge is 0.328 e. The summed E-state index contributed by atoms with van der Waals surface area (Å²) in [5, 5.41) is 2.52. The van der Waals surface area contributed by atoms with Crippen molar-refractivity contribution in [2.45, 2.75) is 19.4 Å². The second-order valence-corrected chi connectivity index (χ2v) is 7.79. The summed E-state index contributed by atoms with van der Waals surface area (Å²) in [6, 6.07) is 5.74. The Balaban J connectivity index is 2.85. The minimum absolute atomic E-state index is 0.0339. The number of amides is 1. The van der Waals surface area contributed by atoms with Gasteiger partial charge in [-0.05, 0) is 41.4 Å². The van der Waals surface area contributed by atoms with Crippen LogP contribution >= 0.6 is 15.9 Å². The van der Waals surface area contributed by atoms with Crippen LogP contribution in [0.4, 0.5) is 0 Å². The average molecular weight is 392 g/mol. The molecule has 6 nitrogen and oxygen atoms in total. The van der Waals surface area contributed by atoms with Gasteiger partial charge in [0.25, 0.3) is 5.91 Å². The molecule has 1 amide bonds. The van der Waals surface area contributed by atoms with Crippen LogP contribution in [0.1, 0.15) is 23.7 Å². The Bertz CT molecular complexity index is 644. The normalized spacial score (nSPS) is 12.5. The second kappa shape index (κ2) is 8.28. The third kappa shape index (κ3) is 6.15. The highest BCUT2D eigenvalue weighted by Crippen LogP contribution is 2.16. The van der Waals surface area contributed by atoms with Crippen LogP contribution in [-0.2, 0) is 19.4 Å². The highest BCUT2D eigenvalue weighted by atomic mass is 79.9. The van der Waals surface area contributed by atoms with Crippen LogP contribution in [0.5, 0.6) is 0 Å². The lowest BCUT2D eigenvalue weighted by Crippen LogP contribution is -2.43. The Morgan fingerprint density at radius 3 is 2.50 bits per heavy atom. The van der Waals surface area contributed by atoms with Gasteiger partial charge in [-0.2, -0.15) is 0 Å². The number of esters is 1. The van der Waals surface area contributed by atoms with Crippen molar-refractivity contribution in [1.29, 1.82) is 0 Å². The predicted octanol–water partition coefficient (Wildman–Crippen LogP) is 1.55. The van der Waals surface area contributed by atoms with E-state index in [1.54, 1.807) is 31.2 Å². The Kier molecular flexibility index (Phi) is 7.02. The number of carbonyl (C=O) groups excluding carboxylic acids is 2. The monoisotopic (exact) mass is 391 g/mol. The average Bonchev–Trinajstić information content (AvgIpc) is 2.42. The van der Waals surface area contributed by atoms with Gasteiger partial charge in [0, 0.05) is 10.7 Å². The molecule has 0 bridgehead atoms. The fraction of sp³-hybridized carbons (Fsp3) is 0.429. The van der Waals surface area contributed by atoms with E-state index in [-0.39, 0.29) is 18.8 Å².